The molecule has 0 radical (unpaired) electrons. The van der Waals surface area contributed by atoms with Crippen LogP contribution in [0.25, 0.3) is 11.3 Å². The van der Waals surface area contributed by atoms with Gasteiger partial charge >= 0.3 is 0 Å². The van der Waals surface area contributed by atoms with E-state index in [4.69, 9.17) is 0 Å². The number of hydrogen-bond donors (Lipinski definition) is 0. The summed E-state index contributed by atoms with van der Waals surface area (Å²) in [5.74, 6) is 0. The maximum absolute atomic E-state index is 10.8. The molecule has 0 saturated carbocycles. The smallest absolute Gasteiger partial charge is 0.280 e. The van der Waals surface area contributed by atoms with Crippen LogP contribution >= 0.6 is 0 Å². The number of aldehydes is 1. The number of nitro benzene ring substituents is 1. The van der Waals surface area contributed by atoms with E-state index in [-0.39, 0.29) is 11.3 Å². The van der Waals surface area contributed by atoms with E-state index in [9.17, 15) is 14.9 Å². The number of pyridine rings is 1. The van der Waals surface area contributed by atoms with Crippen molar-refractivity contribution in [1.82, 2.24) is 4.98 Å². The molecule has 0 aliphatic rings. The van der Waals surface area contributed by atoms with E-state index < -0.39 is 4.92 Å². The molecular formula is C12H8N2O3. The third-order valence-corrected chi connectivity index (χ3v) is 2.31. The first kappa shape index (κ1) is 10.9. The van der Waals surface area contributed by atoms with Gasteiger partial charge in [0.25, 0.3) is 5.69 Å². The molecule has 17 heavy (non-hydrogen) atoms. The number of carbonyl (C=O) groups is 1. The van der Waals surface area contributed by atoms with Crippen molar-refractivity contribution in [2.24, 2.45) is 0 Å². The average molecular weight is 228 g/mol. The zero-order chi connectivity index (χ0) is 12.3. The Morgan fingerprint density at radius 2 is 2.06 bits per heavy atom. The highest BCUT2D eigenvalue weighted by molar-refractivity contribution is 5.83. The molecule has 5 nitrogen and oxygen atoms in total. The molecule has 0 N–H and O–H groups in total. The van der Waals surface area contributed by atoms with E-state index in [1.807, 2.05) is 0 Å². The maximum atomic E-state index is 10.8. The van der Waals surface area contributed by atoms with Crippen molar-refractivity contribution in [1.29, 1.82) is 0 Å². The number of benzene rings is 1. The van der Waals surface area contributed by atoms with Crippen LogP contribution in [0.4, 0.5) is 5.69 Å². The summed E-state index contributed by atoms with van der Waals surface area (Å²) in [7, 11) is 0. The molecular weight excluding hydrogens is 220 g/mol. The van der Waals surface area contributed by atoms with Crippen LogP contribution < -0.4 is 0 Å². The minimum atomic E-state index is -0.573. The van der Waals surface area contributed by atoms with Gasteiger partial charge in [-0.3, -0.25) is 19.9 Å². The van der Waals surface area contributed by atoms with Crippen LogP contribution in [0.1, 0.15) is 10.4 Å². The number of aromatic nitrogens is 1. The Labute approximate surface area is 96.9 Å². The number of rotatable bonds is 3. The fraction of sp³-hybridized carbons (Fsp3) is 0. The van der Waals surface area contributed by atoms with Crippen LogP contribution in [0.2, 0.25) is 0 Å². The second kappa shape index (κ2) is 4.52. The summed E-state index contributed by atoms with van der Waals surface area (Å²) in [6.45, 7) is 0. The van der Waals surface area contributed by atoms with Crippen LogP contribution in [0.5, 0.6) is 0 Å². The molecule has 1 aromatic carbocycles. The van der Waals surface area contributed by atoms with Gasteiger partial charge in [-0.25, -0.2) is 0 Å². The standard InChI is InChI=1S/C12H8N2O3/c15-8-10-5-4-9(7-12(10)14(16)17)11-3-1-2-6-13-11/h1-8H. The second-order valence-electron chi connectivity index (χ2n) is 3.36. The maximum Gasteiger partial charge on any atom is 0.280 e. The first-order chi connectivity index (χ1) is 8.22. The van der Waals surface area contributed by atoms with Crippen LogP contribution in [0.15, 0.2) is 42.6 Å². The molecule has 0 fully saturated rings. The predicted molar refractivity (Wildman–Crippen MR) is 61.7 cm³/mol. The van der Waals surface area contributed by atoms with Gasteiger partial charge in [0, 0.05) is 17.8 Å². The van der Waals surface area contributed by atoms with Gasteiger partial charge in [-0.15, -0.1) is 0 Å². The van der Waals surface area contributed by atoms with E-state index in [2.05, 4.69) is 4.98 Å². The lowest BCUT2D eigenvalue weighted by Crippen LogP contribution is -1.95. The van der Waals surface area contributed by atoms with Crippen molar-refractivity contribution in [3.05, 3.63) is 58.3 Å². The Hall–Kier alpha value is -2.56. The first-order valence-electron chi connectivity index (χ1n) is 4.87. The molecule has 5 heteroatoms. The summed E-state index contributed by atoms with van der Waals surface area (Å²) in [4.78, 5) is 25.0. The fourth-order valence-electron chi connectivity index (χ4n) is 1.49. The molecule has 0 spiro atoms. The highest BCUT2D eigenvalue weighted by atomic mass is 16.6. The molecule has 2 aromatic rings. The van der Waals surface area contributed by atoms with Gasteiger partial charge in [-0.05, 0) is 18.2 Å². The summed E-state index contributed by atoms with van der Waals surface area (Å²) in [6.07, 6.45) is 2.08. The summed E-state index contributed by atoms with van der Waals surface area (Å²) in [6, 6.07) is 9.72. The minimum absolute atomic E-state index is 0.0645. The van der Waals surface area contributed by atoms with Gasteiger partial charge in [0.2, 0.25) is 0 Å². The quantitative estimate of drug-likeness (QED) is 0.459. The topological polar surface area (TPSA) is 73.1 Å². The van der Waals surface area contributed by atoms with Crippen molar-refractivity contribution >= 4 is 12.0 Å². The SMILES string of the molecule is O=Cc1ccc(-c2ccccn2)cc1[N+](=O)[O-]. The van der Waals surface area contributed by atoms with Crippen LogP contribution in [0, 0.1) is 10.1 Å². The van der Waals surface area contributed by atoms with Crippen molar-refractivity contribution in [3.63, 3.8) is 0 Å². The lowest BCUT2D eigenvalue weighted by atomic mass is 10.1. The molecule has 2 rings (SSSR count). The number of carbonyl (C=O) groups excluding carboxylic acids is 1. The molecule has 84 valence electrons. The van der Waals surface area contributed by atoms with E-state index >= 15 is 0 Å². The van der Waals surface area contributed by atoms with Crippen LogP contribution in [0.3, 0.4) is 0 Å². The predicted octanol–water partition coefficient (Wildman–Crippen LogP) is 2.47. The van der Waals surface area contributed by atoms with Crippen LogP contribution in [-0.4, -0.2) is 16.2 Å². The third-order valence-electron chi connectivity index (χ3n) is 2.31. The summed E-state index contributed by atoms with van der Waals surface area (Å²) < 4.78 is 0. The zero-order valence-corrected chi connectivity index (χ0v) is 8.74. The van der Waals surface area contributed by atoms with E-state index in [0.717, 1.165) is 0 Å². The normalized spacial score (nSPS) is 9.88. The summed E-state index contributed by atoms with van der Waals surface area (Å²) in [5, 5.41) is 10.8. The van der Waals surface area contributed by atoms with Crippen molar-refractivity contribution in [2.75, 3.05) is 0 Å². The van der Waals surface area contributed by atoms with Crippen molar-refractivity contribution in [2.45, 2.75) is 0 Å². The van der Waals surface area contributed by atoms with Crippen LogP contribution in [-0.2, 0) is 0 Å². The number of hydrogen-bond acceptors (Lipinski definition) is 4. The number of nitrogens with zero attached hydrogens (tertiary/aromatic N) is 2. The van der Waals surface area contributed by atoms with Gasteiger partial charge in [0.1, 0.15) is 0 Å². The molecule has 0 aliphatic heterocycles. The van der Waals surface area contributed by atoms with E-state index in [0.29, 0.717) is 17.5 Å². The minimum Gasteiger partial charge on any atom is -0.298 e. The Bertz CT molecular complexity index is 567. The summed E-state index contributed by atoms with van der Waals surface area (Å²) in [5.41, 5.74) is 1.11. The molecule has 1 heterocycles. The van der Waals surface area contributed by atoms with Crippen molar-refractivity contribution in [3.8, 4) is 11.3 Å². The molecule has 0 bridgehead atoms. The number of nitro groups is 1. The Morgan fingerprint density at radius 3 is 2.65 bits per heavy atom. The van der Waals surface area contributed by atoms with E-state index in [1.165, 1.54) is 12.1 Å². The van der Waals surface area contributed by atoms with E-state index in [1.54, 1.807) is 30.5 Å². The molecule has 0 aliphatic carbocycles. The molecule has 1 aromatic heterocycles. The molecule has 0 atom stereocenters. The monoisotopic (exact) mass is 228 g/mol. The molecule has 0 amide bonds. The van der Waals surface area contributed by atoms with Gasteiger partial charge in [-0.1, -0.05) is 12.1 Å². The molecule has 0 unspecified atom stereocenters. The summed E-state index contributed by atoms with van der Waals surface area (Å²) >= 11 is 0. The van der Waals surface area contributed by atoms with Crippen molar-refractivity contribution < 1.29 is 9.72 Å². The highest BCUT2D eigenvalue weighted by Crippen LogP contribution is 2.24. The van der Waals surface area contributed by atoms with Gasteiger partial charge in [-0.2, -0.15) is 0 Å². The Morgan fingerprint density at radius 1 is 1.24 bits per heavy atom. The third kappa shape index (κ3) is 2.17. The van der Waals surface area contributed by atoms with Gasteiger partial charge in [0.15, 0.2) is 6.29 Å². The first-order valence-corrected chi connectivity index (χ1v) is 4.87. The van der Waals surface area contributed by atoms with Gasteiger partial charge < -0.3 is 0 Å². The fourth-order valence-corrected chi connectivity index (χ4v) is 1.49. The average Bonchev–Trinajstić information content (AvgIpc) is 2.39. The highest BCUT2D eigenvalue weighted by Gasteiger charge is 2.14. The second-order valence-corrected chi connectivity index (χ2v) is 3.36. The lowest BCUT2D eigenvalue weighted by molar-refractivity contribution is -0.385. The lowest BCUT2D eigenvalue weighted by Gasteiger charge is -2.01. The van der Waals surface area contributed by atoms with Gasteiger partial charge in [0.05, 0.1) is 16.2 Å². The Balaban J connectivity index is 2.55. The Kier molecular flexibility index (Phi) is 2.91. The largest absolute Gasteiger partial charge is 0.298 e. The zero-order valence-electron chi connectivity index (χ0n) is 8.74. The molecule has 0 saturated heterocycles.